The van der Waals surface area contributed by atoms with E-state index in [0.29, 0.717) is 5.75 Å². The highest BCUT2D eigenvalue weighted by molar-refractivity contribution is 6.02. The lowest BCUT2D eigenvalue weighted by molar-refractivity contribution is 0.0651. The maximum atomic E-state index is 11.0. The van der Waals surface area contributed by atoms with Crippen molar-refractivity contribution in [3.05, 3.63) is 59.7 Å². The number of carboxylic acids is 2. The van der Waals surface area contributed by atoms with Gasteiger partial charge < -0.3 is 14.9 Å². The van der Waals surface area contributed by atoms with Crippen molar-refractivity contribution in [2.75, 3.05) is 0 Å². The van der Waals surface area contributed by atoms with Crippen LogP contribution in [0.4, 0.5) is 0 Å². The van der Waals surface area contributed by atoms with Gasteiger partial charge in [0.05, 0.1) is 11.1 Å². The van der Waals surface area contributed by atoms with Crippen LogP contribution in [0, 0.1) is 0 Å². The number of carboxylic acid groups (broad SMARTS) is 2. The van der Waals surface area contributed by atoms with E-state index in [0.717, 1.165) is 0 Å². The van der Waals surface area contributed by atoms with Crippen LogP contribution in [0.1, 0.15) is 20.7 Å². The van der Waals surface area contributed by atoms with Crippen LogP contribution >= 0.6 is 0 Å². The van der Waals surface area contributed by atoms with Crippen molar-refractivity contribution in [2.45, 2.75) is 0 Å². The van der Waals surface area contributed by atoms with E-state index in [1.807, 2.05) is 6.07 Å². The van der Waals surface area contributed by atoms with Gasteiger partial charge in [-0.15, -0.1) is 0 Å². The first kappa shape index (κ1) is 12.6. The molecule has 0 bridgehead atoms. The van der Waals surface area contributed by atoms with Gasteiger partial charge in [-0.05, 0) is 30.3 Å². The van der Waals surface area contributed by atoms with Crippen LogP contribution in [0.15, 0.2) is 48.5 Å². The number of para-hydroxylation sites is 1. The minimum Gasteiger partial charge on any atom is -0.478 e. The molecule has 0 aliphatic carbocycles. The summed E-state index contributed by atoms with van der Waals surface area (Å²) in [6.45, 7) is 0. The van der Waals surface area contributed by atoms with Crippen molar-refractivity contribution in [1.29, 1.82) is 0 Å². The summed E-state index contributed by atoms with van der Waals surface area (Å²) in [4.78, 5) is 21.9. The van der Waals surface area contributed by atoms with E-state index in [1.54, 1.807) is 24.3 Å². The topological polar surface area (TPSA) is 83.8 Å². The van der Waals surface area contributed by atoms with Gasteiger partial charge in [0.2, 0.25) is 0 Å². The number of rotatable bonds is 4. The van der Waals surface area contributed by atoms with Crippen LogP contribution in [-0.2, 0) is 0 Å². The standard InChI is InChI=1S/C14H10O5/c15-13(16)11-7-6-10(8-12(11)14(17)18)19-9-4-2-1-3-5-9/h1-8H,(H,15,16)(H,17,18). The highest BCUT2D eigenvalue weighted by Crippen LogP contribution is 2.24. The largest absolute Gasteiger partial charge is 0.478 e. The quantitative estimate of drug-likeness (QED) is 0.880. The smallest absolute Gasteiger partial charge is 0.336 e. The van der Waals surface area contributed by atoms with Gasteiger partial charge in [0.15, 0.2) is 0 Å². The minimum atomic E-state index is -1.31. The van der Waals surface area contributed by atoms with E-state index in [1.165, 1.54) is 18.2 Å². The Bertz CT molecular complexity index is 619. The Balaban J connectivity index is 2.36. The summed E-state index contributed by atoms with van der Waals surface area (Å²) in [5.41, 5.74) is -0.575. The van der Waals surface area contributed by atoms with Crippen LogP contribution < -0.4 is 4.74 Å². The van der Waals surface area contributed by atoms with Gasteiger partial charge in [-0.25, -0.2) is 9.59 Å². The molecular weight excluding hydrogens is 248 g/mol. The third-order valence-electron chi connectivity index (χ3n) is 2.43. The molecule has 2 N–H and O–H groups in total. The Labute approximate surface area is 108 Å². The molecule has 19 heavy (non-hydrogen) atoms. The summed E-state index contributed by atoms with van der Waals surface area (Å²) >= 11 is 0. The molecule has 0 fully saturated rings. The third kappa shape index (κ3) is 2.90. The lowest BCUT2D eigenvalue weighted by Crippen LogP contribution is -2.07. The van der Waals surface area contributed by atoms with Gasteiger partial charge >= 0.3 is 11.9 Å². The molecule has 2 aromatic carbocycles. The fourth-order valence-electron chi connectivity index (χ4n) is 1.57. The SMILES string of the molecule is O=C(O)c1ccc(Oc2ccccc2)cc1C(=O)O. The molecule has 0 amide bonds. The summed E-state index contributed by atoms with van der Waals surface area (Å²) < 4.78 is 5.45. The Morgan fingerprint density at radius 1 is 0.789 bits per heavy atom. The van der Waals surface area contributed by atoms with Crippen LogP contribution in [-0.4, -0.2) is 22.2 Å². The molecule has 0 unspecified atom stereocenters. The monoisotopic (exact) mass is 258 g/mol. The summed E-state index contributed by atoms with van der Waals surface area (Å²) in [5.74, 6) is -1.78. The number of benzene rings is 2. The molecule has 0 saturated heterocycles. The van der Waals surface area contributed by atoms with Gasteiger partial charge in [-0.2, -0.15) is 0 Å². The number of hydrogen-bond donors (Lipinski definition) is 2. The normalized spacial score (nSPS) is 9.89. The van der Waals surface area contributed by atoms with E-state index in [-0.39, 0.29) is 16.9 Å². The molecule has 0 atom stereocenters. The van der Waals surface area contributed by atoms with Crippen molar-refractivity contribution in [3.63, 3.8) is 0 Å². The second kappa shape index (κ2) is 5.22. The van der Waals surface area contributed by atoms with Crippen molar-refractivity contribution in [3.8, 4) is 11.5 Å². The lowest BCUT2D eigenvalue weighted by atomic mass is 10.1. The Morgan fingerprint density at radius 3 is 2.00 bits per heavy atom. The average Bonchev–Trinajstić information content (AvgIpc) is 2.39. The maximum Gasteiger partial charge on any atom is 0.336 e. The van der Waals surface area contributed by atoms with E-state index >= 15 is 0 Å². The molecular formula is C14H10O5. The van der Waals surface area contributed by atoms with Crippen LogP contribution in [0.5, 0.6) is 11.5 Å². The van der Waals surface area contributed by atoms with Gasteiger partial charge in [0, 0.05) is 0 Å². The van der Waals surface area contributed by atoms with Gasteiger partial charge in [0.1, 0.15) is 11.5 Å². The summed E-state index contributed by atoms with van der Waals surface area (Å²) in [6, 6.07) is 12.6. The molecule has 96 valence electrons. The van der Waals surface area contributed by atoms with Crippen LogP contribution in [0.25, 0.3) is 0 Å². The molecule has 5 nitrogen and oxygen atoms in total. The fourth-order valence-corrected chi connectivity index (χ4v) is 1.57. The Kier molecular flexibility index (Phi) is 3.47. The molecule has 0 spiro atoms. The first-order valence-corrected chi connectivity index (χ1v) is 5.41. The Hall–Kier alpha value is -2.82. The van der Waals surface area contributed by atoms with Gasteiger partial charge in [-0.1, -0.05) is 18.2 Å². The van der Waals surface area contributed by atoms with E-state index < -0.39 is 11.9 Å². The maximum absolute atomic E-state index is 11.0. The lowest BCUT2D eigenvalue weighted by Gasteiger charge is -2.07. The van der Waals surface area contributed by atoms with Gasteiger partial charge in [-0.3, -0.25) is 0 Å². The predicted molar refractivity (Wildman–Crippen MR) is 66.9 cm³/mol. The Morgan fingerprint density at radius 2 is 1.42 bits per heavy atom. The zero-order chi connectivity index (χ0) is 13.8. The van der Waals surface area contributed by atoms with E-state index in [2.05, 4.69) is 0 Å². The molecule has 2 rings (SSSR count). The summed E-state index contributed by atoms with van der Waals surface area (Å²) in [7, 11) is 0. The highest BCUT2D eigenvalue weighted by Gasteiger charge is 2.16. The number of ether oxygens (including phenoxy) is 1. The molecule has 0 radical (unpaired) electrons. The zero-order valence-electron chi connectivity index (χ0n) is 9.74. The van der Waals surface area contributed by atoms with Crippen LogP contribution in [0.2, 0.25) is 0 Å². The van der Waals surface area contributed by atoms with Crippen molar-refractivity contribution in [1.82, 2.24) is 0 Å². The second-order valence-electron chi connectivity index (χ2n) is 3.73. The molecule has 2 aromatic rings. The van der Waals surface area contributed by atoms with Crippen molar-refractivity contribution < 1.29 is 24.5 Å². The molecule has 0 aliphatic heterocycles. The molecule has 0 aromatic heterocycles. The molecule has 0 heterocycles. The third-order valence-corrected chi connectivity index (χ3v) is 2.43. The molecule has 5 heteroatoms. The fraction of sp³-hybridized carbons (Fsp3) is 0. The summed E-state index contributed by atoms with van der Waals surface area (Å²) in [5, 5.41) is 17.9. The highest BCUT2D eigenvalue weighted by atomic mass is 16.5. The summed E-state index contributed by atoms with van der Waals surface area (Å²) in [6.07, 6.45) is 0. The zero-order valence-corrected chi connectivity index (χ0v) is 9.74. The predicted octanol–water partition coefficient (Wildman–Crippen LogP) is 2.88. The number of aromatic carboxylic acids is 2. The van der Waals surface area contributed by atoms with Crippen molar-refractivity contribution in [2.24, 2.45) is 0 Å². The molecule has 0 aliphatic rings. The first-order chi connectivity index (χ1) is 9.08. The first-order valence-electron chi connectivity index (χ1n) is 5.41. The molecule has 0 saturated carbocycles. The second-order valence-corrected chi connectivity index (χ2v) is 3.73. The number of hydrogen-bond acceptors (Lipinski definition) is 3. The number of carbonyl (C=O) groups is 2. The van der Waals surface area contributed by atoms with E-state index in [4.69, 9.17) is 14.9 Å². The minimum absolute atomic E-state index is 0.270. The average molecular weight is 258 g/mol. The van der Waals surface area contributed by atoms with Crippen molar-refractivity contribution >= 4 is 11.9 Å². The van der Waals surface area contributed by atoms with E-state index in [9.17, 15) is 9.59 Å². The van der Waals surface area contributed by atoms with Gasteiger partial charge in [0.25, 0.3) is 0 Å². The van der Waals surface area contributed by atoms with Crippen LogP contribution in [0.3, 0.4) is 0 Å².